The lowest BCUT2D eigenvalue weighted by Crippen LogP contribution is -2.31. The molecule has 1 atom stereocenters. The summed E-state index contributed by atoms with van der Waals surface area (Å²) >= 11 is 0.904. The van der Waals surface area contributed by atoms with E-state index in [1.165, 1.54) is 26.1 Å². The zero-order valence-corrected chi connectivity index (χ0v) is 19.7. The lowest BCUT2D eigenvalue weighted by Gasteiger charge is -2.19. The number of halogens is 1. The number of thiazole rings is 1. The minimum absolute atomic E-state index is 0.0600. The number of nitrogens with two attached hydrogens (primary N) is 1. The van der Waals surface area contributed by atoms with Gasteiger partial charge in [-0.2, -0.15) is 10.1 Å². The Kier molecular flexibility index (Phi) is 6.69. The summed E-state index contributed by atoms with van der Waals surface area (Å²) < 4.78 is 32.0. The van der Waals surface area contributed by atoms with Gasteiger partial charge in [-0.15, -0.1) is 15.7 Å². The third-order valence-corrected chi connectivity index (χ3v) is 8.36. The highest BCUT2D eigenvalue weighted by Crippen LogP contribution is 2.47. The largest absolute Gasteiger partial charge is 0.383 e. The van der Waals surface area contributed by atoms with Crippen LogP contribution in [0.3, 0.4) is 0 Å². The number of nitrogens with zero attached hydrogens (tertiary/aromatic N) is 3. The van der Waals surface area contributed by atoms with Gasteiger partial charge >= 0.3 is 6.03 Å². The Morgan fingerprint density at radius 1 is 1.50 bits per heavy atom. The molecule has 0 spiro atoms. The van der Waals surface area contributed by atoms with Gasteiger partial charge in [0.2, 0.25) is 0 Å². The second-order valence-electron chi connectivity index (χ2n) is 8.37. The fourth-order valence-electron chi connectivity index (χ4n) is 3.23. The number of nitriles is 1. The number of aromatic nitrogens is 1. The van der Waals surface area contributed by atoms with E-state index in [-0.39, 0.29) is 37.9 Å². The summed E-state index contributed by atoms with van der Waals surface area (Å²) in [4.78, 5) is 18.9. The SMILES string of the molecule is CC(C)c1c(F)c(C#N)cc(C2CC2)c1NC(=O)N=S(=O)(NN)c1cnc(C(C)(C)O)s1. The van der Waals surface area contributed by atoms with E-state index >= 15 is 0 Å². The molecule has 0 saturated heterocycles. The first-order chi connectivity index (χ1) is 14.9. The van der Waals surface area contributed by atoms with Crippen LogP contribution in [0.1, 0.15) is 74.1 Å². The number of carbonyl (C=O) groups is 1. The van der Waals surface area contributed by atoms with Gasteiger partial charge in [-0.05, 0) is 50.2 Å². The lowest BCUT2D eigenvalue weighted by molar-refractivity contribution is 0.0783. The van der Waals surface area contributed by atoms with Gasteiger partial charge in [0.1, 0.15) is 26.7 Å². The van der Waals surface area contributed by atoms with Crippen molar-refractivity contribution in [1.82, 2.24) is 9.82 Å². The monoisotopic (exact) mass is 480 g/mol. The van der Waals surface area contributed by atoms with Gasteiger partial charge < -0.3 is 10.4 Å². The minimum atomic E-state index is -3.60. The molecular weight excluding hydrogens is 455 g/mol. The summed E-state index contributed by atoms with van der Waals surface area (Å²) in [6.07, 6.45) is 2.94. The van der Waals surface area contributed by atoms with Crippen LogP contribution in [0, 0.1) is 17.1 Å². The number of urea groups is 1. The van der Waals surface area contributed by atoms with Crippen LogP contribution >= 0.6 is 11.3 Å². The van der Waals surface area contributed by atoms with Crippen molar-refractivity contribution < 1.29 is 18.5 Å². The van der Waals surface area contributed by atoms with Crippen molar-refractivity contribution >= 4 is 33.0 Å². The Bertz CT molecular complexity index is 1220. The maximum atomic E-state index is 15.0. The van der Waals surface area contributed by atoms with Crippen LogP contribution in [-0.2, 0) is 15.5 Å². The Labute approximate surface area is 190 Å². The van der Waals surface area contributed by atoms with Gasteiger partial charge in [-0.1, -0.05) is 13.8 Å². The van der Waals surface area contributed by atoms with Crippen molar-refractivity contribution in [3.63, 3.8) is 0 Å². The normalized spacial score (nSPS) is 15.8. The lowest BCUT2D eigenvalue weighted by atomic mass is 9.92. The number of hydrogen-bond acceptors (Lipinski definition) is 7. The number of hydrogen-bond donors (Lipinski definition) is 4. The maximum absolute atomic E-state index is 15.0. The molecule has 1 heterocycles. The second-order valence-corrected chi connectivity index (χ2v) is 11.6. The number of carbonyl (C=O) groups excluding carboxylic acids is 1. The highest BCUT2D eigenvalue weighted by atomic mass is 32.2. The average molecular weight is 481 g/mol. The van der Waals surface area contributed by atoms with Crippen LogP contribution in [0.5, 0.6) is 0 Å². The molecule has 1 aromatic carbocycles. The van der Waals surface area contributed by atoms with Crippen molar-refractivity contribution in [3.05, 3.63) is 39.8 Å². The van der Waals surface area contributed by atoms with E-state index in [2.05, 4.69) is 19.5 Å². The predicted octanol–water partition coefficient (Wildman–Crippen LogP) is 3.82. The smallest absolute Gasteiger partial charge is 0.354 e. The van der Waals surface area contributed by atoms with Crippen LogP contribution in [0.2, 0.25) is 0 Å². The fourth-order valence-corrected chi connectivity index (χ4v) is 5.56. The molecule has 1 unspecified atom stereocenters. The Balaban J connectivity index is 2.05. The van der Waals surface area contributed by atoms with E-state index in [0.29, 0.717) is 5.56 Å². The van der Waals surface area contributed by atoms with Crippen LogP contribution in [-0.4, -0.2) is 20.3 Å². The fraction of sp³-hybridized carbons (Fsp3) is 0.450. The Morgan fingerprint density at radius 3 is 2.62 bits per heavy atom. The van der Waals surface area contributed by atoms with Crippen molar-refractivity contribution in [3.8, 4) is 6.07 Å². The van der Waals surface area contributed by atoms with Gasteiger partial charge in [-0.25, -0.2) is 18.4 Å². The molecule has 172 valence electrons. The van der Waals surface area contributed by atoms with Crippen LogP contribution in [0.4, 0.5) is 14.9 Å². The number of anilines is 1. The molecular formula is C20H25FN6O3S2. The maximum Gasteiger partial charge on any atom is 0.354 e. The predicted molar refractivity (Wildman–Crippen MR) is 120 cm³/mol. The Hall–Kier alpha value is -2.43. The number of nitrogens with one attached hydrogen (secondary N) is 2. The van der Waals surface area contributed by atoms with E-state index in [4.69, 9.17) is 5.84 Å². The third kappa shape index (κ3) is 4.82. The summed E-state index contributed by atoms with van der Waals surface area (Å²) in [5.74, 6) is 4.52. The molecule has 32 heavy (non-hydrogen) atoms. The number of amides is 2. The molecule has 1 aliphatic rings. The molecule has 0 bridgehead atoms. The van der Waals surface area contributed by atoms with Crippen molar-refractivity contribution in [2.24, 2.45) is 10.2 Å². The first-order valence-electron chi connectivity index (χ1n) is 9.91. The summed E-state index contributed by atoms with van der Waals surface area (Å²) in [5.41, 5.74) is -0.256. The van der Waals surface area contributed by atoms with E-state index in [0.717, 1.165) is 24.2 Å². The molecule has 0 aliphatic heterocycles. The standard InChI is InChI=1S/C20H25FN6O3S2/c1-10(2)15-16(21)12(8-22)7-13(11-5-6-11)17(15)25-19(28)26-32(30,27-23)14-9-24-18(31-14)20(3,4)29/h7,9-11,29H,5-6,23H2,1-4H3,(H2,25,26,27,28,30). The first kappa shape index (κ1) is 24.2. The summed E-state index contributed by atoms with van der Waals surface area (Å²) in [6.45, 7) is 6.54. The van der Waals surface area contributed by atoms with E-state index < -0.39 is 27.4 Å². The quantitative estimate of drug-likeness (QED) is 0.364. The van der Waals surface area contributed by atoms with Crippen molar-refractivity contribution in [1.29, 1.82) is 5.26 Å². The van der Waals surface area contributed by atoms with Gasteiger partial charge in [0.25, 0.3) is 0 Å². The molecule has 1 fully saturated rings. The van der Waals surface area contributed by atoms with E-state index in [9.17, 15) is 23.8 Å². The van der Waals surface area contributed by atoms with Crippen molar-refractivity contribution in [2.45, 2.75) is 62.2 Å². The van der Waals surface area contributed by atoms with E-state index in [1.807, 2.05) is 6.07 Å². The average Bonchev–Trinajstić information content (AvgIpc) is 3.40. The highest BCUT2D eigenvalue weighted by Gasteiger charge is 2.32. The third-order valence-electron chi connectivity index (χ3n) is 4.93. The number of benzene rings is 1. The van der Waals surface area contributed by atoms with Crippen LogP contribution in [0.25, 0.3) is 0 Å². The molecule has 0 radical (unpaired) electrons. The molecule has 9 nitrogen and oxygen atoms in total. The molecule has 1 saturated carbocycles. The topological polar surface area (TPSA) is 153 Å². The van der Waals surface area contributed by atoms with Gasteiger partial charge in [-0.3, -0.25) is 5.84 Å². The van der Waals surface area contributed by atoms with Crippen LogP contribution in [0.15, 0.2) is 20.8 Å². The zero-order valence-electron chi connectivity index (χ0n) is 18.1. The van der Waals surface area contributed by atoms with Crippen molar-refractivity contribution in [2.75, 3.05) is 5.32 Å². The molecule has 5 N–H and O–H groups in total. The molecule has 2 aromatic rings. The first-order valence-corrected chi connectivity index (χ1v) is 12.2. The molecule has 1 aromatic heterocycles. The highest BCUT2D eigenvalue weighted by molar-refractivity contribution is 7.94. The van der Waals surface area contributed by atoms with Gasteiger partial charge in [0.15, 0.2) is 9.92 Å². The summed E-state index contributed by atoms with van der Waals surface area (Å²) in [7, 11) is -3.60. The van der Waals surface area contributed by atoms with Gasteiger partial charge in [0.05, 0.1) is 17.4 Å². The molecule has 12 heteroatoms. The molecule has 1 aliphatic carbocycles. The van der Waals surface area contributed by atoms with Crippen LogP contribution < -0.4 is 16.0 Å². The number of aliphatic hydroxyl groups is 1. The molecule has 2 amide bonds. The summed E-state index contributed by atoms with van der Waals surface area (Å²) in [5, 5.41) is 22.3. The van der Waals surface area contributed by atoms with E-state index in [1.54, 1.807) is 13.8 Å². The zero-order chi connectivity index (χ0) is 23.8. The molecule has 3 rings (SSSR count). The summed E-state index contributed by atoms with van der Waals surface area (Å²) in [6, 6.07) is 2.33. The number of rotatable bonds is 6. The Morgan fingerprint density at radius 2 is 2.16 bits per heavy atom. The second kappa shape index (κ2) is 8.84. The number of hydrazine groups is 1. The van der Waals surface area contributed by atoms with Gasteiger partial charge in [0, 0.05) is 5.56 Å². The minimum Gasteiger partial charge on any atom is -0.383 e.